The van der Waals surface area contributed by atoms with Gasteiger partial charge in [0.1, 0.15) is 17.5 Å². The van der Waals surface area contributed by atoms with Gasteiger partial charge < -0.3 is 4.90 Å². The largest absolute Gasteiger partial charge is 0.337 e. The Kier molecular flexibility index (Phi) is 5.75. The van der Waals surface area contributed by atoms with E-state index in [1.807, 2.05) is 0 Å². The Bertz CT molecular complexity index is 1220. The number of carbonyl (C=O) groups is 1. The second-order valence-corrected chi connectivity index (χ2v) is 11.8. The molecule has 2 unspecified atom stereocenters. The first-order chi connectivity index (χ1) is 16.1. The van der Waals surface area contributed by atoms with Crippen LogP contribution in [0.5, 0.6) is 0 Å². The highest BCUT2D eigenvalue weighted by atomic mass is 32.2. The molecule has 2 aromatic rings. The number of nitrogens with one attached hydrogen (secondary N) is 1. The van der Waals surface area contributed by atoms with Crippen LogP contribution in [0, 0.1) is 28.8 Å². The summed E-state index contributed by atoms with van der Waals surface area (Å²) in [4.78, 5) is 15.0. The fourth-order valence-electron chi connectivity index (χ4n) is 5.46. The van der Waals surface area contributed by atoms with Gasteiger partial charge in [-0.1, -0.05) is 24.6 Å². The average molecular weight is 493 g/mol. The van der Waals surface area contributed by atoms with Crippen LogP contribution >= 0.6 is 0 Å². The van der Waals surface area contributed by atoms with Crippen LogP contribution in [0.15, 0.2) is 36.4 Å². The molecule has 1 amide bonds. The van der Waals surface area contributed by atoms with E-state index in [4.69, 9.17) is 0 Å². The van der Waals surface area contributed by atoms with E-state index in [9.17, 15) is 22.0 Å². The number of benzene rings is 2. The summed E-state index contributed by atoms with van der Waals surface area (Å²) in [6, 6.07) is 6.45. The summed E-state index contributed by atoms with van der Waals surface area (Å²) in [5.74, 6) is -2.30. The van der Waals surface area contributed by atoms with Gasteiger partial charge in [0, 0.05) is 35.5 Å². The predicted octanol–water partition coefficient (Wildman–Crippen LogP) is 4.02. The van der Waals surface area contributed by atoms with E-state index in [0.29, 0.717) is 6.54 Å². The number of nitrogens with zero attached hydrogens (tertiary/aromatic N) is 1. The summed E-state index contributed by atoms with van der Waals surface area (Å²) in [6.07, 6.45) is 5.42. The second-order valence-electron chi connectivity index (χ2n) is 10.0. The van der Waals surface area contributed by atoms with Crippen LogP contribution in [0.3, 0.4) is 0 Å². The van der Waals surface area contributed by atoms with E-state index >= 15 is 4.39 Å². The minimum atomic E-state index is -3.56. The minimum absolute atomic E-state index is 0.00379. The lowest BCUT2D eigenvalue weighted by molar-refractivity contribution is -0.139. The highest BCUT2D eigenvalue weighted by Gasteiger charge is 2.61. The van der Waals surface area contributed by atoms with Gasteiger partial charge in [0.2, 0.25) is 15.9 Å². The average Bonchev–Trinajstić information content (AvgIpc) is 3.42. The summed E-state index contributed by atoms with van der Waals surface area (Å²) in [5, 5.41) is 0. The van der Waals surface area contributed by atoms with Gasteiger partial charge in [0.15, 0.2) is 0 Å². The molecular formula is C25H27F3N2O3S. The Hall–Kier alpha value is -2.39. The molecule has 182 valence electrons. The zero-order valence-corrected chi connectivity index (χ0v) is 19.7. The maximum absolute atomic E-state index is 15.6. The van der Waals surface area contributed by atoms with Crippen LogP contribution in [-0.4, -0.2) is 44.1 Å². The van der Waals surface area contributed by atoms with Gasteiger partial charge in [-0.25, -0.2) is 26.3 Å². The van der Waals surface area contributed by atoms with Crippen LogP contribution in [0.4, 0.5) is 13.2 Å². The summed E-state index contributed by atoms with van der Waals surface area (Å²) in [6.45, 7) is 0.455. The topological polar surface area (TPSA) is 66.5 Å². The molecule has 1 aliphatic heterocycles. The third-order valence-electron chi connectivity index (χ3n) is 7.58. The molecule has 3 aliphatic rings. The standard InChI is InChI=1S/C25H27F3N2O3S/c1-34(32,33)29-23-21(30(14-25(23)8-9-25)24(31)15-4-2-5-15)12-16-6-3-7-20(22(16)28)17-10-18(26)13-19(27)11-17/h3,6-7,10-11,13,15,21,23,29H,2,4-5,8-9,12,14H2,1H3. The molecule has 2 saturated carbocycles. The zero-order chi connectivity index (χ0) is 24.3. The molecule has 2 aromatic carbocycles. The Morgan fingerprint density at radius 2 is 1.79 bits per heavy atom. The van der Waals surface area contributed by atoms with Gasteiger partial charge in [-0.2, -0.15) is 0 Å². The summed E-state index contributed by atoms with van der Waals surface area (Å²) in [5.41, 5.74) is 0.0821. The summed E-state index contributed by atoms with van der Waals surface area (Å²) < 4.78 is 70.3. The Balaban J connectivity index is 1.51. The summed E-state index contributed by atoms with van der Waals surface area (Å²) >= 11 is 0. The predicted molar refractivity (Wildman–Crippen MR) is 122 cm³/mol. The summed E-state index contributed by atoms with van der Waals surface area (Å²) in [7, 11) is -3.56. The highest BCUT2D eigenvalue weighted by Crippen LogP contribution is 2.56. The minimum Gasteiger partial charge on any atom is -0.337 e. The van der Waals surface area contributed by atoms with Crippen molar-refractivity contribution in [2.24, 2.45) is 11.3 Å². The van der Waals surface area contributed by atoms with Crippen molar-refractivity contribution in [2.45, 2.75) is 50.6 Å². The van der Waals surface area contributed by atoms with Crippen LogP contribution in [-0.2, 0) is 21.2 Å². The van der Waals surface area contributed by atoms with Crippen molar-refractivity contribution < 1.29 is 26.4 Å². The normalized spacial score (nSPS) is 23.8. The molecular weight excluding hydrogens is 465 g/mol. The van der Waals surface area contributed by atoms with Gasteiger partial charge in [-0.15, -0.1) is 0 Å². The number of sulfonamides is 1. The van der Waals surface area contributed by atoms with Gasteiger partial charge in [0.25, 0.3) is 0 Å². The van der Waals surface area contributed by atoms with E-state index in [-0.39, 0.29) is 40.4 Å². The van der Waals surface area contributed by atoms with E-state index in [0.717, 1.165) is 56.6 Å². The van der Waals surface area contributed by atoms with Crippen LogP contribution < -0.4 is 4.72 Å². The van der Waals surface area contributed by atoms with E-state index in [1.54, 1.807) is 17.0 Å². The molecule has 5 nitrogen and oxygen atoms in total. The molecule has 2 aliphatic carbocycles. The lowest BCUT2D eigenvalue weighted by Gasteiger charge is -2.34. The van der Waals surface area contributed by atoms with Crippen molar-refractivity contribution in [1.29, 1.82) is 0 Å². The molecule has 1 spiro atoms. The molecule has 2 atom stereocenters. The molecule has 1 heterocycles. The first-order valence-electron chi connectivity index (χ1n) is 11.6. The molecule has 0 radical (unpaired) electrons. The monoisotopic (exact) mass is 492 g/mol. The van der Waals surface area contributed by atoms with Crippen molar-refractivity contribution in [3.63, 3.8) is 0 Å². The van der Waals surface area contributed by atoms with Crippen LogP contribution in [0.25, 0.3) is 11.1 Å². The van der Waals surface area contributed by atoms with Gasteiger partial charge in [-0.3, -0.25) is 4.79 Å². The maximum Gasteiger partial charge on any atom is 0.226 e. The Morgan fingerprint density at radius 1 is 1.12 bits per heavy atom. The molecule has 1 N–H and O–H groups in total. The van der Waals surface area contributed by atoms with Crippen molar-refractivity contribution in [2.75, 3.05) is 12.8 Å². The molecule has 5 rings (SSSR count). The lowest BCUT2D eigenvalue weighted by atomic mass is 9.84. The van der Waals surface area contributed by atoms with E-state index < -0.39 is 39.6 Å². The van der Waals surface area contributed by atoms with Crippen molar-refractivity contribution in [3.8, 4) is 11.1 Å². The fourth-order valence-corrected chi connectivity index (χ4v) is 6.33. The SMILES string of the molecule is CS(=O)(=O)NC1C(Cc2cccc(-c3cc(F)cc(F)c3)c2F)N(C(=O)C2CCC2)CC12CC2. The number of halogens is 3. The highest BCUT2D eigenvalue weighted by molar-refractivity contribution is 7.88. The molecule has 0 bridgehead atoms. The van der Waals surface area contributed by atoms with Gasteiger partial charge in [-0.05, 0) is 55.4 Å². The third-order valence-corrected chi connectivity index (χ3v) is 8.26. The van der Waals surface area contributed by atoms with Crippen molar-refractivity contribution in [3.05, 3.63) is 59.4 Å². The van der Waals surface area contributed by atoms with Crippen LogP contribution in [0.1, 0.15) is 37.7 Å². The van der Waals surface area contributed by atoms with Crippen LogP contribution in [0.2, 0.25) is 0 Å². The van der Waals surface area contributed by atoms with Gasteiger partial charge in [0.05, 0.1) is 12.3 Å². The number of amides is 1. The number of rotatable bonds is 6. The molecule has 3 fully saturated rings. The number of carbonyl (C=O) groups excluding carboxylic acids is 1. The van der Waals surface area contributed by atoms with Crippen molar-refractivity contribution >= 4 is 15.9 Å². The Morgan fingerprint density at radius 3 is 2.35 bits per heavy atom. The fraction of sp³-hybridized carbons (Fsp3) is 0.480. The second kappa shape index (κ2) is 8.37. The van der Waals surface area contributed by atoms with E-state index in [2.05, 4.69) is 4.72 Å². The lowest BCUT2D eigenvalue weighted by Crippen LogP contribution is -2.51. The smallest absolute Gasteiger partial charge is 0.226 e. The first-order valence-corrected chi connectivity index (χ1v) is 13.5. The first kappa shape index (κ1) is 23.4. The van der Waals surface area contributed by atoms with Crippen molar-refractivity contribution in [1.82, 2.24) is 9.62 Å². The Labute approximate surface area is 197 Å². The molecule has 34 heavy (non-hydrogen) atoms. The molecule has 1 saturated heterocycles. The van der Waals surface area contributed by atoms with E-state index in [1.165, 1.54) is 6.07 Å². The quantitative estimate of drug-likeness (QED) is 0.663. The zero-order valence-electron chi connectivity index (χ0n) is 18.9. The van der Waals surface area contributed by atoms with Gasteiger partial charge >= 0.3 is 0 Å². The molecule has 0 aromatic heterocycles. The maximum atomic E-state index is 15.6. The third kappa shape index (κ3) is 4.35. The molecule has 9 heteroatoms. The number of hydrogen-bond acceptors (Lipinski definition) is 3. The number of likely N-dealkylation sites (tertiary alicyclic amines) is 1. The number of hydrogen-bond donors (Lipinski definition) is 1.